The molecule has 154 valence electrons. The Morgan fingerprint density at radius 3 is 3.13 bits per heavy atom. The number of carbonyl (C=O) groups excluding carboxylic acids is 1. The Kier molecular flexibility index (Phi) is 5.00. The molecule has 30 heavy (non-hydrogen) atoms. The minimum Gasteiger partial charge on any atom is -0.361 e. The maximum absolute atomic E-state index is 12.8. The second kappa shape index (κ2) is 7.95. The molecular weight excluding hydrogens is 402 g/mol. The first-order valence-electron chi connectivity index (χ1n) is 10.1. The number of anilines is 1. The largest absolute Gasteiger partial charge is 0.361 e. The number of rotatable bonds is 5. The van der Waals surface area contributed by atoms with Gasteiger partial charge in [-0.3, -0.25) is 4.79 Å². The first-order valence-corrected chi connectivity index (χ1v) is 10.5. The fraction of sp³-hybridized carbons (Fsp3) is 0.333. The van der Waals surface area contributed by atoms with E-state index in [0.717, 1.165) is 53.6 Å². The zero-order valence-corrected chi connectivity index (χ0v) is 17.1. The predicted molar refractivity (Wildman–Crippen MR) is 117 cm³/mol. The third-order valence-electron chi connectivity index (χ3n) is 5.72. The molecule has 1 saturated heterocycles. The van der Waals surface area contributed by atoms with Crippen LogP contribution in [0.3, 0.4) is 0 Å². The smallest absolute Gasteiger partial charge is 0.224 e. The molecule has 1 aliphatic heterocycles. The number of hydrogen-bond donors (Lipinski definition) is 3. The van der Waals surface area contributed by atoms with Crippen molar-refractivity contribution in [3.8, 4) is 0 Å². The van der Waals surface area contributed by atoms with Crippen molar-refractivity contribution in [3.63, 3.8) is 0 Å². The summed E-state index contributed by atoms with van der Waals surface area (Å²) in [7, 11) is 0. The summed E-state index contributed by atoms with van der Waals surface area (Å²) in [5.74, 6) is 0.835. The van der Waals surface area contributed by atoms with Gasteiger partial charge in [-0.25, -0.2) is 15.0 Å². The van der Waals surface area contributed by atoms with E-state index in [2.05, 4.69) is 35.1 Å². The molecule has 0 radical (unpaired) electrons. The fourth-order valence-electron chi connectivity index (χ4n) is 4.20. The van der Waals surface area contributed by atoms with Crippen LogP contribution in [0, 0.1) is 5.92 Å². The summed E-state index contributed by atoms with van der Waals surface area (Å²) in [5, 5.41) is 4.93. The van der Waals surface area contributed by atoms with Crippen LogP contribution in [0.1, 0.15) is 18.4 Å². The van der Waals surface area contributed by atoms with Gasteiger partial charge in [-0.1, -0.05) is 11.6 Å². The summed E-state index contributed by atoms with van der Waals surface area (Å²) in [4.78, 5) is 34.1. The van der Waals surface area contributed by atoms with Crippen LogP contribution >= 0.6 is 11.6 Å². The van der Waals surface area contributed by atoms with Crippen molar-refractivity contribution in [2.75, 3.05) is 24.5 Å². The Balaban J connectivity index is 1.22. The summed E-state index contributed by atoms with van der Waals surface area (Å²) in [6, 6.07) is 5.80. The van der Waals surface area contributed by atoms with E-state index < -0.39 is 0 Å². The molecule has 1 amide bonds. The van der Waals surface area contributed by atoms with Gasteiger partial charge in [0.2, 0.25) is 5.91 Å². The van der Waals surface area contributed by atoms with Crippen molar-refractivity contribution in [2.24, 2.45) is 5.92 Å². The SMILES string of the molecule is O=C(NCCc1c[nH]c2ccc(Cl)cc12)[C@H]1CCCN(c2ncnc3nc[nH]c23)C1. The first kappa shape index (κ1) is 18.9. The third-order valence-corrected chi connectivity index (χ3v) is 5.95. The van der Waals surface area contributed by atoms with Gasteiger partial charge in [-0.2, -0.15) is 0 Å². The van der Waals surface area contributed by atoms with E-state index in [1.54, 1.807) is 6.33 Å². The molecule has 8 nitrogen and oxygen atoms in total. The molecule has 3 N–H and O–H groups in total. The van der Waals surface area contributed by atoms with Gasteiger partial charge in [-0.15, -0.1) is 0 Å². The highest BCUT2D eigenvalue weighted by atomic mass is 35.5. The normalized spacial score (nSPS) is 17.0. The van der Waals surface area contributed by atoms with E-state index in [0.29, 0.717) is 23.8 Å². The average Bonchev–Trinajstić information content (AvgIpc) is 3.40. The molecule has 1 atom stereocenters. The van der Waals surface area contributed by atoms with Gasteiger partial charge in [0.15, 0.2) is 11.5 Å². The summed E-state index contributed by atoms with van der Waals surface area (Å²) >= 11 is 6.12. The lowest BCUT2D eigenvalue weighted by Gasteiger charge is -2.32. The lowest BCUT2D eigenvalue weighted by atomic mass is 9.97. The number of amides is 1. The molecule has 1 fully saturated rings. The van der Waals surface area contributed by atoms with Crippen LogP contribution in [-0.4, -0.2) is 50.5 Å². The van der Waals surface area contributed by atoms with Gasteiger partial charge < -0.3 is 20.2 Å². The maximum Gasteiger partial charge on any atom is 0.224 e. The number of fused-ring (bicyclic) bond motifs is 2. The standard InChI is InChI=1S/C21H22ClN7O/c22-15-3-4-17-16(8-15)13(9-24-17)5-6-23-21(30)14-2-1-7-29(10-14)20-18-19(26-11-25-18)27-12-28-20/h3-4,8-9,11-12,14,24H,1-2,5-7,10H2,(H,23,30)(H,25,26,27,28)/t14-/m0/s1. The van der Waals surface area contributed by atoms with Crippen molar-refractivity contribution < 1.29 is 4.79 Å². The Labute approximate surface area is 178 Å². The minimum absolute atomic E-state index is 0.0656. The molecule has 0 spiro atoms. The van der Waals surface area contributed by atoms with E-state index >= 15 is 0 Å². The number of halogens is 1. The van der Waals surface area contributed by atoms with Gasteiger partial charge in [-0.05, 0) is 43.0 Å². The van der Waals surface area contributed by atoms with E-state index in [-0.39, 0.29) is 11.8 Å². The highest BCUT2D eigenvalue weighted by Crippen LogP contribution is 2.26. The van der Waals surface area contributed by atoms with Crippen molar-refractivity contribution in [2.45, 2.75) is 19.3 Å². The summed E-state index contributed by atoms with van der Waals surface area (Å²) in [5.41, 5.74) is 3.67. The Bertz CT molecular complexity index is 1200. The molecule has 0 aliphatic carbocycles. The molecule has 1 aromatic carbocycles. The minimum atomic E-state index is -0.0656. The molecule has 3 aromatic heterocycles. The van der Waals surface area contributed by atoms with Crippen molar-refractivity contribution in [3.05, 3.63) is 47.6 Å². The van der Waals surface area contributed by atoms with Crippen LogP contribution in [0.15, 0.2) is 37.1 Å². The number of piperidine rings is 1. The monoisotopic (exact) mass is 423 g/mol. The molecule has 5 rings (SSSR count). The van der Waals surface area contributed by atoms with Crippen LogP contribution in [0.25, 0.3) is 22.1 Å². The number of hydrogen-bond acceptors (Lipinski definition) is 5. The Morgan fingerprint density at radius 1 is 1.27 bits per heavy atom. The molecule has 0 bridgehead atoms. The molecule has 0 saturated carbocycles. The molecule has 4 heterocycles. The third kappa shape index (κ3) is 3.59. The van der Waals surface area contributed by atoms with Crippen molar-refractivity contribution in [1.82, 2.24) is 30.2 Å². The van der Waals surface area contributed by atoms with Crippen LogP contribution in [0.4, 0.5) is 5.82 Å². The molecule has 9 heteroatoms. The van der Waals surface area contributed by atoms with Crippen LogP contribution in [0.5, 0.6) is 0 Å². The number of H-pyrrole nitrogens is 2. The van der Waals surface area contributed by atoms with Gasteiger partial charge >= 0.3 is 0 Å². The number of nitrogens with zero attached hydrogens (tertiary/aromatic N) is 4. The molecular formula is C21H22ClN7O. The zero-order valence-electron chi connectivity index (χ0n) is 16.4. The zero-order chi connectivity index (χ0) is 20.5. The quantitative estimate of drug-likeness (QED) is 0.457. The summed E-state index contributed by atoms with van der Waals surface area (Å²) < 4.78 is 0. The van der Waals surface area contributed by atoms with E-state index in [4.69, 9.17) is 11.6 Å². The average molecular weight is 424 g/mol. The number of nitrogens with one attached hydrogen (secondary N) is 3. The topological polar surface area (TPSA) is 103 Å². The van der Waals surface area contributed by atoms with E-state index in [1.165, 1.54) is 6.33 Å². The summed E-state index contributed by atoms with van der Waals surface area (Å²) in [6.45, 7) is 2.10. The van der Waals surface area contributed by atoms with E-state index in [1.807, 2.05) is 24.4 Å². The number of carbonyl (C=O) groups is 1. The van der Waals surface area contributed by atoms with Gasteiger partial charge in [0.1, 0.15) is 11.8 Å². The van der Waals surface area contributed by atoms with Crippen molar-refractivity contribution >= 4 is 45.4 Å². The highest BCUT2D eigenvalue weighted by Gasteiger charge is 2.27. The second-order valence-corrected chi connectivity index (χ2v) is 8.06. The van der Waals surface area contributed by atoms with E-state index in [9.17, 15) is 4.79 Å². The lowest BCUT2D eigenvalue weighted by molar-refractivity contribution is -0.125. The van der Waals surface area contributed by atoms with Crippen LogP contribution in [0.2, 0.25) is 5.02 Å². The van der Waals surface area contributed by atoms with Crippen LogP contribution < -0.4 is 10.2 Å². The second-order valence-electron chi connectivity index (χ2n) is 7.63. The van der Waals surface area contributed by atoms with Gasteiger partial charge in [0.25, 0.3) is 0 Å². The summed E-state index contributed by atoms with van der Waals surface area (Å²) in [6.07, 6.45) is 7.70. The fourth-order valence-corrected chi connectivity index (χ4v) is 4.37. The molecule has 0 unspecified atom stereocenters. The number of imidazole rings is 1. The Morgan fingerprint density at radius 2 is 2.20 bits per heavy atom. The predicted octanol–water partition coefficient (Wildman–Crippen LogP) is 3.06. The molecule has 4 aromatic rings. The number of aromatic amines is 2. The molecule has 1 aliphatic rings. The van der Waals surface area contributed by atoms with Crippen molar-refractivity contribution in [1.29, 1.82) is 0 Å². The maximum atomic E-state index is 12.8. The van der Waals surface area contributed by atoms with Gasteiger partial charge in [0.05, 0.1) is 12.2 Å². The van der Waals surface area contributed by atoms with Crippen LogP contribution in [-0.2, 0) is 11.2 Å². The lowest BCUT2D eigenvalue weighted by Crippen LogP contribution is -2.43. The number of aromatic nitrogens is 5. The number of benzene rings is 1. The Hall–Kier alpha value is -3.13. The highest BCUT2D eigenvalue weighted by molar-refractivity contribution is 6.31. The van der Waals surface area contributed by atoms with Gasteiger partial charge in [0, 0.05) is 41.8 Å². The first-order chi connectivity index (χ1) is 14.7.